The van der Waals surface area contributed by atoms with Gasteiger partial charge in [-0.25, -0.2) is 4.98 Å². The summed E-state index contributed by atoms with van der Waals surface area (Å²) >= 11 is 1.79. The lowest BCUT2D eigenvalue weighted by atomic mass is 10.1. The topological polar surface area (TPSA) is 39.6 Å². The number of benzene rings is 2. The van der Waals surface area contributed by atoms with Gasteiger partial charge in [0.1, 0.15) is 5.01 Å². The van der Waals surface area contributed by atoms with Crippen molar-refractivity contribution in [2.24, 2.45) is 0 Å². The van der Waals surface area contributed by atoms with Crippen molar-refractivity contribution >= 4 is 11.3 Å². The highest BCUT2D eigenvalue weighted by atomic mass is 32.1. The summed E-state index contributed by atoms with van der Waals surface area (Å²) in [6, 6.07) is 21.6. The monoisotopic (exact) mass is 421 g/mol. The molecule has 1 aliphatic rings. The summed E-state index contributed by atoms with van der Waals surface area (Å²) < 4.78 is 0. The number of nitrogens with zero attached hydrogens (tertiary/aromatic N) is 3. The molecule has 0 bridgehead atoms. The number of aliphatic hydroxyl groups is 1. The molecule has 0 saturated carbocycles. The third-order valence-corrected chi connectivity index (χ3v) is 6.89. The lowest BCUT2D eigenvalue weighted by Crippen LogP contribution is -2.53. The van der Waals surface area contributed by atoms with Gasteiger partial charge < -0.3 is 5.11 Å². The number of aromatic nitrogens is 1. The van der Waals surface area contributed by atoms with Crippen molar-refractivity contribution in [3.8, 4) is 10.6 Å². The van der Waals surface area contributed by atoms with Crippen molar-refractivity contribution in [1.29, 1.82) is 0 Å². The molecule has 1 saturated heterocycles. The zero-order valence-electron chi connectivity index (χ0n) is 17.5. The summed E-state index contributed by atoms with van der Waals surface area (Å²) in [5.74, 6) is 0. The molecule has 3 aromatic rings. The molecule has 0 unspecified atom stereocenters. The maximum Gasteiger partial charge on any atom is 0.123 e. The second kappa shape index (κ2) is 10.8. The first-order chi connectivity index (χ1) is 14.8. The highest BCUT2D eigenvalue weighted by Crippen LogP contribution is 2.26. The third kappa shape index (κ3) is 5.76. The van der Waals surface area contributed by atoms with Gasteiger partial charge in [0, 0.05) is 55.5 Å². The Balaban J connectivity index is 1.30. The molecule has 0 aliphatic carbocycles. The van der Waals surface area contributed by atoms with Crippen LogP contribution in [0.3, 0.4) is 0 Å². The highest BCUT2D eigenvalue weighted by molar-refractivity contribution is 7.15. The molecule has 1 atom stereocenters. The lowest BCUT2D eigenvalue weighted by molar-refractivity contribution is 0.0551. The average molecular weight is 422 g/mol. The van der Waals surface area contributed by atoms with Crippen molar-refractivity contribution in [1.82, 2.24) is 14.8 Å². The van der Waals surface area contributed by atoms with Gasteiger partial charge in [0.05, 0.1) is 0 Å². The third-order valence-electron chi connectivity index (χ3n) is 5.86. The molecule has 1 N–H and O–H groups in total. The van der Waals surface area contributed by atoms with Crippen molar-refractivity contribution in [3.63, 3.8) is 0 Å². The van der Waals surface area contributed by atoms with Crippen LogP contribution >= 0.6 is 11.3 Å². The lowest BCUT2D eigenvalue weighted by Gasteiger charge is -2.41. The Kier molecular flexibility index (Phi) is 7.65. The van der Waals surface area contributed by atoms with Crippen LogP contribution < -0.4 is 0 Å². The Morgan fingerprint density at radius 2 is 1.77 bits per heavy atom. The SMILES string of the molecule is OCC[C@H]1CN(Cc2cnc(-c3ccccc3)s2)CCN1CCCc1ccccc1. The predicted molar refractivity (Wildman–Crippen MR) is 125 cm³/mol. The Bertz CT molecular complexity index is 884. The molecule has 1 aliphatic heterocycles. The van der Waals surface area contributed by atoms with Crippen LogP contribution in [0, 0.1) is 0 Å². The van der Waals surface area contributed by atoms with Gasteiger partial charge in [-0.2, -0.15) is 0 Å². The van der Waals surface area contributed by atoms with E-state index in [-0.39, 0.29) is 6.61 Å². The Morgan fingerprint density at radius 3 is 2.53 bits per heavy atom. The quantitative estimate of drug-likeness (QED) is 0.559. The van der Waals surface area contributed by atoms with Crippen LogP contribution in [0.15, 0.2) is 66.9 Å². The van der Waals surface area contributed by atoms with E-state index in [4.69, 9.17) is 0 Å². The van der Waals surface area contributed by atoms with Gasteiger partial charge in [-0.05, 0) is 31.4 Å². The zero-order valence-corrected chi connectivity index (χ0v) is 18.3. The van der Waals surface area contributed by atoms with Crippen LogP contribution in [0.25, 0.3) is 10.6 Å². The minimum atomic E-state index is 0.256. The first kappa shape index (κ1) is 21.2. The molecular formula is C25H31N3OS. The number of rotatable bonds is 9. The first-order valence-electron chi connectivity index (χ1n) is 10.9. The molecule has 158 valence electrons. The van der Waals surface area contributed by atoms with E-state index in [9.17, 15) is 5.11 Å². The fourth-order valence-electron chi connectivity index (χ4n) is 4.26. The van der Waals surface area contributed by atoms with Crippen molar-refractivity contribution in [3.05, 3.63) is 77.3 Å². The maximum absolute atomic E-state index is 9.59. The molecule has 5 heteroatoms. The van der Waals surface area contributed by atoms with Gasteiger partial charge in [0.2, 0.25) is 0 Å². The van der Waals surface area contributed by atoms with Crippen LogP contribution in [-0.2, 0) is 13.0 Å². The Hall–Kier alpha value is -2.05. The number of aliphatic hydroxyl groups excluding tert-OH is 1. The molecule has 30 heavy (non-hydrogen) atoms. The molecule has 4 nitrogen and oxygen atoms in total. The zero-order chi connectivity index (χ0) is 20.6. The number of hydrogen-bond donors (Lipinski definition) is 1. The minimum absolute atomic E-state index is 0.256. The van der Waals surface area contributed by atoms with E-state index in [0.29, 0.717) is 6.04 Å². The summed E-state index contributed by atoms with van der Waals surface area (Å²) in [5, 5.41) is 10.7. The smallest absolute Gasteiger partial charge is 0.123 e. The van der Waals surface area contributed by atoms with E-state index in [2.05, 4.69) is 69.4 Å². The van der Waals surface area contributed by atoms with Gasteiger partial charge >= 0.3 is 0 Å². The van der Waals surface area contributed by atoms with Crippen molar-refractivity contribution < 1.29 is 5.11 Å². The van der Waals surface area contributed by atoms with Crippen LogP contribution in [0.1, 0.15) is 23.3 Å². The standard InChI is InChI=1S/C25H31N3OS/c29-17-13-23-19-27(15-16-28(23)14-7-10-21-8-3-1-4-9-21)20-24-18-26-25(30-24)22-11-5-2-6-12-22/h1-6,8-9,11-12,18,23,29H,7,10,13-17,19-20H2/t23-/m0/s1. The van der Waals surface area contributed by atoms with Crippen LogP contribution in [0.2, 0.25) is 0 Å². The number of aryl methyl sites for hydroxylation is 1. The normalized spacial score (nSPS) is 18.0. The van der Waals surface area contributed by atoms with E-state index in [1.165, 1.54) is 22.4 Å². The van der Waals surface area contributed by atoms with E-state index >= 15 is 0 Å². The van der Waals surface area contributed by atoms with Crippen LogP contribution in [0.5, 0.6) is 0 Å². The first-order valence-corrected chi connectivity index (χ1v) is 11.7. The van der Waals surface area contributed by atoms with E-state index in [1.54, 1.807) is 11.3 Å². The van der Waals surface area contributed by atoms with Crippen LogP contribution in [-0.4, -0.2) is 58.7 Å². The summed E-state index contributed by atoms with van der Waals surface area (Å²) in [6.07, 6.45) is 5.16. The van der Waals surface area contributed by atoms with Gasteiger partial charge in [0.15, 0.2) is 0 Å². The van der Waals surface area contributed by atoms with E-state index < -0.39 is 0 Å². The summed E-state index contributed by atoms with van der Waals surface area (Å²) in [7, 11) is 0. The molecule has 1 fully saturated rings. The van der Waals surface area contributed by atoms with Gasteiger partial charge in [-0.1, -0.05) is 60.7 Å². The molecule has 2 heterocycles. The number of hydrogen-bond acceptors (Lipinski definition) is 5. The minimum Gasteiger partial charge on any atom is -0.396 e. The molecule has 0 radical (unpaired) electrons. The predicted octanol–water partition coefficient (Wildman–Crippen LogP) is 4.31. The molecule has 0 amide bonds. The Morgan fingerprint density at radius 1 is 1.00 bits per heavy atom. The summed E-state index contributed by atoms with van der Waals surface area (Å²) in [5.41, 5.74) is 2.60. The molecular weight excluding hydrogens is 390 g/mol. The fraction of sp³-hybridized carbons (Fsp3) is 0.400. The van der Waals surface area contributed by atoms with E-state index in [1.807, 2.05) is 12.3 Å². The largest absolute Gasteiger partial charge is 0.396 e. The second-order valence-electron chi connectivity index (χ2n) is 8.02. The van der Waals surface area contributed by atoms with Gasteiger partial charge in [-0.15, -0.1) is 11.3 Å². The van der Waals surface area contributed by atoms with Gasteiger partial charge in [0.25, 0.3) is 0 Å². The fourth-order valence-corrected chi connectivity index (χ4v) is 5.22. The molecule has 2 aromatic carbocycles. The van der Waals surface area contributed by atoms with E-state index in [0.717, 1.165) is 50.6 Å². The maximum atomic E-state index is 9.59. The van der Waals surface area contributed by atoms with Crippen molar-refractivity contribution in [2.75, 3.05) is 32.8 Å². The summed E-state index contributed by atoms with van der Waals surface area (Å²) in [6.45, 7) is 5.48. The van der Waals surface area contributed by atoms with Gasteiger partial charge in [-0.3, -0.25) is 9.80 Å². The highest BCUT2D eigenvalue weighted by Gasteiger charge is 2.26. The molecule has 4 rings (SSSR count). The molecule has 1 aromatic heterocycles. The average Bonchev–Trinajstić information content (AvgIpc) is 3.25. The van der Waals surface area contributed by atoms with Crippen molar-refractivity contribution in [2.45, 2.75) is 31.8 Å². The number of thiazole rings is 1. The van der Waals surface area contributed by atoms with Crippen LogP contribution in [0.4, 0.5) is 0 Å². The Labute approximate surface area is 183 Å². The second-order valence-corrected chi connectivity index (χ2v) is 9.14. The summed E-state index contributed by atoms with van der Waals surface area (Å²) in [4.78, 5) is 11.1. The number of piperazine rings is 1. The molecule has 0 spiro atoms.